The van der Waals surface area contributed by atoms with Crippen LogP contribution in [0.1, 0.15) is 29.3 Å². The summed E-state index contributed by atoms with van der Waals surface area (Å²) in [5.74, 6) is -0.163. The second-order valence-corrected chi connectivity index (χ2v) is 8.20. The van der Waals surface area contributed by atoms with Gasteiger partial charge in [0.2, 0.25) is 5.91 Å². The number of hydrogen-bond acceptors (Lipinski definition) is 4. The van der Waals surface area contributed by atoms with Crippen LogP contribution >= 0.6 is 11.3 Å². The largest absolute Gasteiger partial charge is 0.356 e. The number of carbonyl (C=O) groups excluding carboxylic acids is 2. The number of nitrogens with zero attached hydrogens (tertiary/aromatic N) is 1. The van der Waals surface area contributed by atoms with E-state index in [2.05, 4.69) is 27.8 Å². The minimum Gasteiger partial charge on any atom is -0.356 e. The molecule has 4 rings (SSSR count). The van der Waals surface area contributed by atoms with Crippen LogP contribution in [0.15, 0.2) is 72.1 Å². The van der Waals surface area contributed by atoms with Crippen LogP contribution in [0.3, 0.4) is 0 Å². The number of amides is 2. The molecule has 2 amide bonds. The lowest BCUT2D eigenvalue weighted by molar-refractivity contribution is -0.118. The Morgan fingerprint density at radius 1 is 0.968 bits per heavy atom. The Kier molecular flexibility index (Phi) is 6.38. The Balaban J connectivity index is 1.38. The molecule has 0 aliphatic rings. The van der Waals surface area contributed by atoms with Gasteiger partial charge in [-0.25, -0.2) is 4.98 Å². The summed E-state index contributed by atoms with van der Waals surface area (Å²) in [7, 11) is 0. The van der Waals surface area contributed by atoms with Crippen LogP contribution in [-0.4, -0.2) is 23.3 Å². The summed E-state index contributed by atoms with van der Waals surface area (Å²) in [6, 6.07) is 21.9. The van der Waals surface area contributed by atoms with E-state index in [9.17, 15) is 9.59 Å². The molecule has 0 bridgehead atoms. The van der Waals surface area contributed by atoms with E-state index in [-0.39, 0.29) is 11.8 Å². The molecule has 0 spiro atoms. The molecule has 0 fully saturated rings. The standard InChI is InChI=1S/C25H23N3O2S/c1-17(29)26-14-4-5-18-8-10-20(11-9-18)23-16-31-25(27-23)28-24(30)22-13-12-19-6-2-3-7-21(19)15-22/h2-3,6-13,15-16H,4-5,14H2,1H3,(H,26,29)(H,27,28,30). The molecule has 2 N–H and O–H groups in total. The number of nitrogens with one attached hydrogen (secondary N) is 2. The van der Waals surface area contributed by atoms with E-state index in [1.807, 2.05) is 60.0 Å². The molecule has 0 saturated heterocycles. The fraction of sp³-hybridized carbons (Fsp3) is 0.160. The van der Waals surface area contributed by atoms with Gasteiger partial charge in [0.1, 0.15) is 0 Å². The molecule has 5 nitrogen and oxygen atoms in total. The maximum Gasteiger partial charge on any atom is 0.257 e. The summed E-state index contributed by atoms with van der Waals surface area (Å²) in [6.45, 7) is 2.21. The Morgan fingerprint density at radius 2 is 1.74 bits per heavy atom. The van der Waals surface area contributed by atoms with Crippen LogP contribution < -0.4 is 10.6 Å². The molecular formula is C25H23N3O2S. The van der Waals surface area contributed by atoms with Crippen molar-refractivity contribution in [3.63, 3.8) is 0 Å². The molecule has 4 aromatic rings. The third kappa shape index (κ3) is 5.35. The van der Waals surface area contributed by atoms with Gasteiger partial charge in [0.05, 0.1) is 5.69 Å². The number of benzene rings is 3. The van der Waals surface area contributed by atoms with Crippen molar-refractivity contribution >= 4 is 39.1 Å². The predicted molar refractivity (Wildman–Crippen MR) is 126 cm³/mol. The van der Waals surface area contributed by atoms with Crippen molar-refractivity contribution in [2.24, 2.45) is 0 Å². The van der Waals surface area contributed by atoms with Crippen LogP contribution in [0.5, 0.6) is 0 Å². The molecule has 0 saturated carbocycles. The van der Waals surface area contributed by atoms with E-state index in [1.54, 1.807) is 0 Å². The van der Waals surface area contributed by atoms with Crippen molar-refractivity contribution in [3.8, 4) is 11.3 Å². The third-order valence-electron chi connectivity index (χ3n) is 5.00. The lowest BCUT2D eigenvalue weighted by atomic mass is 10.1. The van der Waals surface area contributed by atoms with E-state index in [4.69, 9.17) is 0 Å². The molecule has 1 heterocycles. The number of rotatable bonds is 7. The molecular weight excluding hydrogens is 406 g/mol. The van der Waals surface area contributed by atoms with E-state index in [0.29, 0.717) is 17.2 Å². The second-order valence-electron chi connectivity index (χ2n) is 7.34. The fourth-order valence-electron chi connectivity index (χ4n) is 3.36. The summed E-state index contributed by atoms with van der Waals surface area (Å²) >= 11 is 1.41. The van der Waals surface area contributed by atoms with Crippen molar-refractivity contribution in [1.29, 1.82) is 0 Å². The third-order valence-corrected chi connectivity index (χ3v) is 5.76. The quantitative estimate of drug-likeness (QED) is 0.393. The normalized spacial score (nSPS) is 10.7. The first-order valence-corrected chi connectivity index (χ1v) is 11.1. The molecule has 6 heteroatoms. The lowest BCUT2D eigenvalue weighted by Gasteiger charge is -2.04. The van der Waals surface area contributed by atoms with Crippen molar-refractivity contribution in [2.75, 3.05) is 11.9 Å². The van der Waals surface area contributed by atoms with Crippen molar-refractivity contribution in [3.05, 3.63) is 83.2 Å². The zero-order valence-corrected chi connectivity index (χ0v) is 18.0. The number of aryl methyl sites for hydroxylation is 1. The first-order chi connectivity index (χ1) is 15.1. The number of aromatic nitrogens is 1. The van der Waals surface area contributed by atoms with Gasteiger partial charge in [0.15, 0.2) is 5.13 Å². The molecule has 31 heavy (non-hydrogen) atoms. The minimum atomic E-state index is -0.166. The topological polar surface area (TPSA) is 71.1 Å². The van der Waals surface area contributed by atoms with Crippen LogP contribution in [0.2, 0.25) is 0 Å². The summed E-state index contributed by atoms with van der Waals surface area (Å²) in [5.41, 5.74) is 3.67. The monoisotopic (exact) mass is 429 g/mol. The van der Waals surface area contributed by atoms with Gasteiger partial charge >= 0.3 is 0 Å². The van der Waals surface area contributed by atoms with Crippen LogP contribution in [0.25, 0.3) is 22.0 Å². The number of anilines is 1. The molecule has 156 valence electrons. The highest BCUT2D eigenvalue weighted by Crippen LogP contribution is 2.26. The van der Waals surface area contributed by atoms with Gasteiger partial charge in [-0.3, -0.25) is 14.9 Å². The van der Waals surface area contributed by atoms with Crippen LogP contribution in [-0.2, 0) is 11.2 Å². The Morgan fingerprint density at radius 3 is 2.52 bits per heavy atom. The summed E-state index contributed by atoms with van der Waals surface area (Å²) in [4.78, 5) is 28.1. The maximum atomic E-state index is 12.6. The first kappa shape index (κ1) is 20.8. The number of thiazole rings is 1. The average Bonchev–Trinajstić information content (AvgIpc) is 3.25. The van der Waals surface area contributed by atoms with Crippen molar-refractivity contribution in [1.82, 2.24) is 10.3 Å². The van der Waals surface area contributed by atoms with Crippen molar-refractivity contribution in [2.45, 2.75) is 19.8 Å². The van der Waals surface area contributed by atoms with E-state index < -0.39 is 0 Å². The van der Waals surface area contributed by atoms with E-state index in [0.717, 1.165) is 34.9 Å². The van der Waals surface area contributed by atoms with Crippen molar-refractivity contribution < 1.29 is 9.59 Å². The first-order valence-electron chi connectivity index (χ1n) is 10.2. The smallest absolute Gasteiger partial charge is 0.257 e. The maximum absolute atomic E-state index is 12.6. The van der Waals surface area contributed by atoms with E-state index in [1.165, 1.54) is 23.8 Å². The molecule has 0 unspecified atom stereocenters. The molecule has 0 aliphatic carbocycles. The highest BCUT2D eigenvalue weighted by atomic mass is 32.1. The van der Waals surface area contributed by atoms with Gasteiger partial charge in [0, 0.05) is 30.0 Å². The van der Waals surface area contributed by atoms with Gasteiger partial charge in [-0.2, -0.15) is 0 Å². The molecule has 0 radical (unpaired) electrons. The number of hydrogen-bond donors (Lipinski definition) is 2. The minimum absolute atomic E-state index is 0.00221. The zero-order chi connectivity index (χ0) is 21.6. The highest BCUT2D eigenvalue weighted by molar-refractivity contribution is 7.14. The average molecular weight is 430 g/mol. The SMILES string of the molecule is CC(=O)NCCCc1ccc(-c2csc(NC(=O)c3ccc4ccccc4c3)n2)cc1. The Labute approximate surface area is 185 Å². The van der Waals surface area contributed by atoms with Crippen LogP contribution in [0, 0.1) is 0 Å². The van der Waals surface area contributed by atoms with E-state index >= 15 is 0 Å². The summed E-state index contributed by atoms with van der Waals surface area (Å²) < 4.78 is 0. The summed E-state index contributed by atoms with van der Waals surface area (Å²) in [5, 5.41) is 10.4. The lowest BCUT2D eigenvalue weighted by Crippen LogP contribution is -2.21. The van der Waals surface area contributed by atoms with Gasteiger partial charge in [-0.1, -0.05) is 54.6 Å². The van der Waals surface area contributed by atoms with Crippen LogP contribution in [0.4, 0.5) is 5.13 Å². The molecule has 3 aromatic carbocycles. The predicted octanol–water partition coefficient (Wildman–Crippen LogP) is 5.28. The van der Waals surface area contributed by atoms with Gasteiger partial charge in [0.25, 0.3) is 5.91 Å². The summed E-state index contributed by atoms with van der Waals surface area (Å²) in [6.07, 6.45) is 1.81. The molecule has 0 atom stereocenters. The Hall–Kier alpha value is -3.51. The number of fused-ring (bicyclic) bond motifs is 1. The zero-order valence-electron chi connectivity index (χ0n) is 17.2. The Bertz CT molecular complexity index is 1210. The highest BCUT2D eigenvalue weighted by Gasteiger charge is 2.11. The molecule has 0 aliphatic heterocycles. The van der Waals surface area contributed by atoms with Gasteiger partial charge in [-0.05, 0) is 41.3 Å². The fourth-order valence-corrected chi connectivity index (χ4v) is 4.08. The number of carbonyl (C=O) groups is 2. The van der Waals surface area contributed by atoms with Gasteiger partial charge in [-0.15, -0.1) is 11.3 Å². The molecule has 1 aromatic heterocycles. The van der Waals surface area contributed by atoms with Gasteiger partial charge < -0.3 is 5.32 Å². The second kappa shape index (κ2) is 9.53.